The van der Waals surface area contributed by atoms with Gasteiger partial charge in [-0.3, -0.25) is 14.6 Å². The maximum Gasteiger partial charge on any atom is 0.234 e. The summed E-state index contributed by atoms with van der Waals surface area (Å²) in [5, 5.41) is 13.2. The summed E-state index contributed by atoms with van der Waals surface area (Å²) in [5.41, 5.74) is -0.170. The van der Waals surface area contributed by atoms with Crippen molar-refractivity contribution in [3.05, 3.63) is 0 Å². The van der Waals surface area contributed by atoms with E-state index in [-0.39, 0.29) is 11.4 Å². The Morgan fingerprint density at radius 2 is 1.91 bits per heavy atom. The lowest BCUT2D eigenvalue weighted by molar-refractivity contribution is -0.123. The van der Waals surface area contributed by atoms with E-state index in [2.05, 4.69) is 29.1 Å². The number of carbonyl (C=O) groups excluding carboxylic acids is 1. The summed E-state index contributed by atoms with van der Waals surface area (Å²) in [7, 11) is 4.00. The molecule has 22 heavy (non-hydrogen) atoms. The van der Waals surface area contributed by atoms with Gasteiger partial charge < -0.3 is 15.3 Å². The highest BCUT2D eigenvalue weighted by atomic mass is 16.3. The molecule has 130 valence electrons. The predicted octanol–water partition coefficient (Wildman–Crippen LogP) is -0.169. The second-order valence-corrected chi connectivity index (χ2v) is 7.24. The van der Waals surface area contributed by atoms with Crippen LogP contribution in [0.3, 0.4) is 0 Å². The highest BCUT2D eigenvalue weighted by Gasteiger charge is 2.21. The minimum Gasteiger partial charge on any atom is -0.390 e. The van der Waals surface area contributed by atoms with E-state index >= 15 is 0 Å². The van der Waals surface area contributed by atoms with Crippen LogP contribution in [0.5, 0.6) is 0 Å². The Labute approximate surface area is 135 Å². The van der Waals surface area contributed by atoms with Gasteiger partial charge in [0.05, 0.1) is 12.6 Å². The number of nitrogens with one attached hydrogen (secondary N) is 1. The average molecular weight is 314 g/mol. The number of β-amino-alcohol motifs (C(OH)–C–C–N with tert-alkyl or cyclic N) is 1. The van der Waals surface area contributed by atoms with Crippen molar-refractivity contribution in [1.82, 2.24) is 20.0 Å². The van der Waals surface area contributed by atoms with Gasteiger partial charge in [-0.2, -0.15) is 0 Å². The number of aliphatic hydroxyl groups is 1. The molecule has 0 bridgehead atoms. The van der Waals surface area contributed by atoms with Crippen LogP contribution < -0.4 is 5.32 Å². The highest BCUT2D eigenvalue weighted by molar-refractivity contribution is 5.78. The molecule has 0 aromatic rings. The van der Waals surface area contributed by atoms with E-state index in [4.69, 9.17) is 0 Å². The van der Waals surface area contributed by atoms with Gasteiger partial charge in [0.25, 0.3) is 0 Å². The molecule has 1 atom stereocenters. The summed E-state index contributed by atoms with van der Waals surface area (Å²) in [4.78, 5) is 18.5. The van der Waals surface area contributed by atoms with Crippen LogP contribution in [0.25, 0.3) is 0 Å². The summed E-state index contributed by atoms with van der Waals surface area (Å²) in [6.45, 7) is 11.7. The first-order valence-corrected chi connectivity index (χ1v) is 8.30. The van der Waals surface area contributed by atoms with Crippen molar-refractivity contribution in [2.45, 2.75) is 38.8 Å². The number of carbonyl (C=O) groups is 1. The van der Waals surface area contributed by atoms with Crippen molar-refractivity contribution in [2.24, 2.45) is 0 Å². The van der Waals surface area contributed by atoms with Gasteiger partial charge in [0.15, 0.2) is 0 Å². The quantitative estimate of drug-likeness (QED) is 0.651. The van der Waals surface area contributed by atoms with Gasteiger partial charge in [-0.05, 0) is 34.4 Å². The Balaban J connectivity index is 2.26. The topological polar surface area (TPSA) is 59.1 Å². The van der Waals surface area contributed by atoms with Crippen LogP contribution >= 0.6 is 0 Å². The Hall–Kier alpha value is -0.690. The summed E-state index contributed by atoms with van der Waals surface area (Å²) >= 11 is 0. The smallest absolute Gasteiger partial charge is 0.234 e. The summed E-state index contributed by atoms with van der Waals surface area (Å²) in [6.07, 6.45) is 0.481. The maximum atomic E-state index is 12.0. The number of nitrogens with zero attached hydrogens (tertiary/aromatic N) is 3. The number of hydrogen-bond donors (Lipinski definition) is 2. The lowest BCUT2D eigenvalue weighted by Crippen LogP contribution is -2.50. The van der Waals surface area contributed by atoms with Gasteiger partial charge >= 0.3 is 0 Å². The van der Waals surface area contributed by atoms with E-state index in [1.807, 2.05) is 25.8 Å². The van der Waals surface area contributed by atoms with Gasteiger partial charge in [0.2, 0.25) is 5.91 Å². The normalized spacial score (nSPS) is 19.4. The van der Waals surface area contributed by atoms with Crippen LogP contribution in [0.2, 0.25) is 0 Å². The van der Waals surface area contributed by atoms with Crippen LogP contribution in [0.1, 0.15) is 27.2 Å². The molecule has 0 aromatic heterocycles. The zero-order chi connectivity index (χ0) is 16.8. The van der Waals surface area contributed by atoms with E-state index in [1.54, 1.807) is 0 Å². The Morgan fingerprint density at radius 1 is 1.32 bits per heavy atom. The molecule has 1 unspecified atom stereocenters. The zero-order valence-corrected chi connectivity index (χ0v) is 14.9. The third-order valence-corrected chi connectivity index (χ3v) is 4.36. The lowest BCUT2D eigenvalue weighted by Gasteiger charge is -2.34. The van der Waals surface area contributed by atoms with E-state index in [0.717, 1.165) is 32.6 Å². The van der Waals surface area contributed by atoms with Gasteiger partial charge in [-0.15, -0.1) is 0 Å². The molecule has 0 radical (unpaired) electrons. The molecule has 6 heteroatoms. The maximum absolute atomic E-state index is 12.0. The number of amides is 1. The first-order valence-electron chi connectivity index (χ1n) is 8.30. The largest absolute Gasteiger partial charge is 0.390 e. The van der Waals surface area contributed by atoms with Gasteiger partial charge in [0, 0.05) is 44.8 Å². The van der Waals surface area contributed by atoms with E-state index in [1.165, 1.54) is 0 Å². The molecule has 1 heterocycles. The van der Waals surface area contributed by atoms with Crippen molar-refractivity contribution in [3.63, 3.8) is 0 Å². The molecule has 0 spiro atoms. The molecule has 2 N–H and O–H groups in total. The van der Waals surface area contributed by atoms with Crippen molar-refractivity contribution in [3.8, 4) is 0 Å². The fourth-order valence-corrected chi connectivity index (χ4v) is 2.56. The molecule has 1 aliphatic heterocycles. The van der Waals surface area contributed by atoms with Gasteiger partial charge in [-0.25, -0.2) is 0 Å². The van der Waals surface area contributed by atoms with Crippen LogP contribution in [-0.4, -0.2) is 97.3 Å². The second kappa shape index (κ2) is 8.82. The van der Waals surface area contributed by atoms with Crippen LogP contribution in [0.4, 0.5) is 0 Å². The van der Waals surface area contributed by atoms with Crippen LogP contribution in [0, 0.1) is 0 Å². The molecule has 0 aliphatic carbocycles. The van der Waals surface area contributed by atoms with E-state index < -0.39 is 6.10 Å². The van der Waals surface area contributed by atoms with Gasteiger partial charge in [0.1, 0.15) is 0 Å². The van der Waals surface area contributed by atoms with E-state index in [9.17, 15) is 9.90 Å². The Bertz CT molecular complexity index is 341. The van der Waals surface area contributed by atoms with E-state index in [0.29, 0.717) is 19.6 Å². The number of likely N-dealkylation sites (N-methyl/N-ethyl adjacent to an activating group) is 2. The van der Waals surface area contributed by atoms with Crippen molar-refractivity contribution in [1.29, 1.82) is 0 Å². The molecular formula is C16H34N4O2. The number of piperazine rings is 1. The van der Waals surface area contributed by atoms with Crippen LogP contribution in [-0.2, 0) is 4.79 Å². The minimum absolute atomic E-state index is 0.0150. The first-order chi connectivity index (χ1) is 10.2. The Morgan fingerprint density at radius 3 is 2.45 bits per heavy atom. The standard InChI is InChI=1S/C16H34N4O2/c1-6-16(2,3)17-15(22)13-19(5)11-14(21)12-20-9-7-18(4)8-10-20/h14,21H,6-13H2,1-5H3,(H,17,22). The SMILES string of the molecule is CCC(C)(C)NC(=O)CN(C)CC(O)CN1CCN(C)CC1. The monoisotopic (exact) mass is 314 g/mol. The molecular weight excluding hydrogens is 280 g/mol. The Kier molecular flexibility index (Phi) is 7.76. The fraction of sp³-hybridized carbons (Fsp3) is 0.938. The van der Waals surface area contributed by atoms with Crippen molar-refractivity contribution >= 4 is 5.91 Å². The molecule has 1 fully saturated rings. The second-order valence-electron chi connectivity index (χ2n) is 7.24. The van der Waals surface area contributed by atoms with Crippen molar-refractivity contribution in [2.75, 3.05) is 59.9 Å². The molecule has 1 saturated heterocycles. The summed E-state index contributed by atoms with van der Waals surface area (Å²) < 4.78 is 0. The highest BCUT2D eigenvalue weighted by Crippen LogP contribution is 2.06. The van der Waals surface area contributed by atoms with Gasteiger partial charge in [-0.1, -0.05) is 6.92 Å². The molecule has 0 saturated carbocycles. The van der Waals surface area contributed by atoms with Crippen molar-refractivity contribution < 1.29 is 9.90 Å². The summed E-state index contributed by atoms with van der Waals surface area (Å²) in [5.74, 6) is 0.0150. The lowest BCUT2D eigenvalue weighted by atomic mass is 10.0. The molecule has 6 nitrogen and oxygen atoms in total. The molecule has 1 amide bonds. The van der Waals surface area contributed by atoms with Crippen LogP contribution in [0.15, 0.2) is 0 Å². The number of aliphatic hydroxyl groups excluding tert-OH is 1. The fourth-order valence-electron chi connectivity index (χ4n) is 2.56. The number of rotatable bonds is 8. The first kappa shape index (κ1) is 19.4. The average Bonchev–Trinajstić information content (AvgIpc) is 2.40. The number of hydrogen-bond acceptors (Lipinski definition) is 5. The predicted molar refractivity (Wildman–Crippen MR) is 90.0 cm³/mol. The third kappa shape index (κ3) is 7.54. The third-order valence-electron chi connectivity index (χ3n) is 4.36. The molecule has 0 aromatic carbocycles. The zero-order valence-electron chi connectivity index (χ0n) is 14.9. The molecule has 1 rings (SSSR count). The molecule has 1 aliphatic rings. The summed E-state index contributed by atoms with van der Waals surface area (Å²) in [6, 6.07) is 0. The minimum atomic E-state index is -0.416.